The van der Waals surface area contributed by atoms with Crippen molar-refractivity contribution in [3.63, 3.8) is 0 Å². The highest BCUT2D eigenvalue weighted by Gasteiger charge is 2.27. The molecule has 1 fully saturated rings. The summed E-state index contributed by atoms with van der Waals surface area (Å²) in [4.78, 5) is 25.4. The molecule has 1 saturated carbocycles. The average Bonchev–Trinajstić information content (AvgIpc) is 3.33. The Kier molecular flexibility index (Phi) is 3.98. The van der Waals surface area contributed by atoms with Crippen LogP contribution in [0.3, 0.4) is 0 Å². The van der Waals surface area contributed by atoms with Crippen molar-refractivity contribution in [1.82, 2.24) is 14.5 Å². The maximum absolute atomic E-state index is 12.9. The molecule has 1 aromatic carbocycles. The molecule has 0 spiro atoms. The van der Waals surface area contributed by atoms with Gasteiger partial charge < -0.3 is 9.55 Å². The SMILES string of the molecule is O=C(/N=c1\scc(C2CC2)n1Cc1ccccc1)c1c[nH]c2ncccc12. The number of H-pyrrole nitrogens is 1. The van der Waals surface area contributed by atoms with Crippen molar-refractivity contribution >= 4 is 28.3 Å². The Hall–Kier alpha value is -2.99. The van der Waals surface area contributed by atoms with E-state index in [9.17, 15) is 4.79 Å². The normalized spacial score (nSPS) is 14.7. The molecule has 0 aliphatic heterocycles. The van der Waals surface area contributed by atoms with E-state index in [-0.39, 0.29) is 5.91 Å². The van der Waals surface area contributed by atoms with E-state index in [2.05, 4.69) is 37.0 Å². The lowest BCUT2D eigenvalue weighted by Gasteiger charge is -2.08. The highest BCUT2D eigenvalue weighted by atomic mass is 32.1. The smallest absolute Gasteiger partial charge is 0.281 e. The first-order chi connectivity index (χ1) is 13.3. The van der Waals surface area contributed by atoms with Gasteiger partial charge in [0.05, 0.1) is 12.1 Å². The van der Waals surface area contributed by atoms with Crippen molar-refractivity contribution in [2.45, 2.75) is 25.3 Å². The third-order valence-electron chi connectivity index (χ3n) is 4.89. The molecule has 0 saturated heterocycles. The Bertz CT molecular complexity index is 1180. The minimum Gasteiger partial charge on any atom is -0.345 e. The molecule has 5 rings (SSSR count). The van der Waals surface area contributed by atoms with E-state index < -0.39 is 0 Å². The first-order valence-corrected chi connectivity index (χ1v) is 9.91. The third-order valence-corrected chi connectivity index (χ3v) is 5.77. The van der Waals surface area contributed by atoms with Crippen molar-refractivity contribution < 1.29 is 4.79 Å². The summed E-state index contributed by atoms with van der Waals surface area (Å²) in [6.45, 7) is 0.734. The van der Waals surface area contributed by atoms with E-state index in [0.29, 0.717) is 17.1 Å². The van der Waals surface area contributed by atoms with Gasteiger partial charge in [0.25, 0.3) is 5.91 Å². The van der Waals surface area contributed by atoms with E-state index in [1.807, 2.05) is 30.3 Å². The molecular formula is C21H18N4OS. The van der Waals surface area contributed by atoms with Crippen LogP contribution in [0.25, 0.3) is 11.0 Å². The number of fused-ring (bicyclic) bond motifs is 1. The van der Waals surface area contributed by atoms with E-state index in [1.54, 1.807) is 23.7 Å². The summed E-state index contributed by atoms with van der Waals surface area (Å²) >= 11 is 1.54. The number of thiazole rings is 1. The number of carbonyl (C=O) groups is 1. The van der Waals surface area contributed by atoms with Gasteiger partial charge in [0.2, 0.25) is 0 Å². The number of hydrogen-bond donors (Lipinski definition) is 1. The van der Waals surface area contributed by atoms with Crippen molar-refractivity contribution in [1.29, 1.82) is 0 Å². The fraction of sp³-hybridized carbons (Fsp3) is 0.190. The maximum atomic E-state index is 12.9. The second kappa shape index (κ2) is 6.63. The molecule has 1 aliphatic rings. The fourth-order valence-electron chi connectivity index (χ4n) is 3.34. The summed E-state index contributed by atoms with van der Waals surface area (Å²) in [5, 5.41) is 2.96. The molecule has 0 bridgehead atoms. The van der Waals surface area contributed by atoms with Crippen LogP contribution in [-0.4, -0.2) is 20.4 Å². The molecule has 4 aromatic rings. The number of hydrogen-bond acceptors (Lipinski definition) is 3. The number of carbonyl (C=O) groups excluding carboxylic acids is 1. The number of amides is 1. The summed E-state index contributed by atoms with van der Waals surface area (Å²) in [5.41, 5.74) is 3.77. The summed E-state index contributed by atoms with van der Waals surface area (Å²) in [6, 6.07) is 14.0. The van der Waals surface area contributed by atoms with Gasteiger partial charge in [0.1, 0.15) is 5.65 Å². The first kappa shape index (κ1) is 16.2. The van der Waals surface area contributed by atoms with Gasteiger partial charge in [-0.25, -0.2) is 4.98 Å². The van der Waals surface area contributed by atoms with Gasteiger partial charge in [-0.05, 0) is 30.5 Å². The largest absolute Gasteiger partial charge is 0.345 e. The van der Waals surface area contributed by atoms with Crippen LogP contribution in [0.4, 0.5) is 0 Å². The molecule has 27 heavy (non-hydrogen) atoms. The first-order valence-electron chi connectivity index (χ1n) is 9.03. The molecule has 0 radical (unpaired) electrons. The Morgan fingerprint density at radius 3 is 2.89 bits per heavy atom. The Balaban J connectivity index is 1.57. The standard InChI is InChI=1S/C21H18N4OS/c26-20(17-11-23-19-16(17)7-4-10-22-19)24-21-25(12-14-5-2-1-3-6-14)18(13-27-21)15-8-9-15/h1-7,10-11,13,15H,8-9,12H2,(H,22,23)/b24-21-. The predicted molar refractivity (Wildman–Crippen MR) is 106 cm³/mol. The number of nitrogens with zero attached hydrogens (tertiary/aromatic N) is 3. The number of pyridine rings is 1. The highest BCUT2D eigenvalue weighted by Crippen LogP contribution is 2.40. The third kappa shape index (κ3) is 3.13. The Labute approximate surface area is 160 Å². The van der Waals surface area contributed by atoms with Crippen LogP contribution in [0.1, 0.15) is 40.4 Å². The average molecular weight is 374 g/mol. The molecule has 3 aromatic heterocycles. The van der Waals surface area contributed by atoms with Gasteiger partial charge in [-0.15, -0.1) is 11.3 Å². The van der Waals surface area contributed by atoms with Crippen LogP contribution >= 0.6 is 11.3 Å². The number of rotatable bonds is 4. The number of nitrogens with one attached hydrogen (secondary N) is 1. The second-order valence-corrected chi connectivity index (χ2v) is 7.64. The summed E-state index contributed by atoms with van der Waals surface area (Å²) in [5.74, 6) is 0.363. The summed E-state index contributed by atoms with van der Waals surface area (Å²) in [6.07, 6.45) is 5.83. The molecule has 3 heterocycles. The zero-order chi connectivity index (χ0) is 18.2. The molecule has 5 nitrogen and oxygen atoms in total. The van der Waals surface area contributed by atoms with E-state index in [4.69, 9.17) is 0 Å². The fourth-order valence-corrected chi connectivity index (χ4v) is 4.32. The van der Waals surface area contributed by atoms with Crippen LogP contribution in [0.2, 0.25) is 0 Å². The van der Waals surface area contributed by atoms with Gasteiger partial charge in [-0.3, -0.25) is 4.79 Å². The van der Waals surface area contributed by atoms with E-state index in [0.717, 1.165) is 16.7 Å². The predicted octanol–water partition coefficient (Wildman–Crippen LogP) is 4.09. The highest BCUT2D eigenvalue weighted by molar-refractivity contribution is 7.07. The number of benzene rings is 1. The lowest BCUT2D eigenvalue weighted by molar-refractivity contribution is 0.0999. The van der Waals surface area contributed by atoms with E-state index >= 15 is 0 Å². The van der Waals surface area contributed by atoms with Crippen molar-refractivity contribution in [3.8, 4) is 0 Å². The van der Waals surface area contributed by atoms with Gasteiger partial charge >= 0.3 is 0 Å². The zero-order valence-corrected chi connectivity index (χ0v) is 15.4. The molecule has 0 atom stereocenters. The summed E-state index contributed by atoms with van der Waals surface area (Å²) in [7, 11) is 0. The van der Waals surface area contributed by atoms with Gasteiger partial charge in [-0.2, -0.15) is 4.99 Å². The Morgan fingerprint density at radius 2 is 2.07 bits per heavy atom. The molecule has 6 heteroatoms. The number of aromatic nitrogens is 3. The van der Waals surface area contributed by atoms with Crippen LogP contribution in [-0.2, 0) is 6.54 Å². The van der Waals surface area contributed by atoms with Crippen molar-refractivity contribution in [2.24, 2.45) is 4.99 Å². The summed E-state index contributed by atoms with van der Waals surface area (Å²) < 4.78 is 2.20. The van der Waals surface area contributed by atoms with Gasteiger partial charge in [0, 0.05) is 34.8 Å². The molecule has 1 N–H and O–H groups in total. The topological polar surface area (TPSA) is 63.0 Å². The molecular weight excluding hydrogens is 356 g/mol. The van der Waals surface area contributed by atoms with Crippen molar-refractivity contribution in [2.75, 3.05) is 0 Å². The van der Waals surface area contributed by atoms with Gasteiger partial charge in [0.15, 0.2) is 4.80 Å². The zero-order valence-electron chi connectivity index (χ0n) is 14.6. The lowest BCUT2D eigenvalue weighted by atomic mass is 10.2. The van der Waals surface area contributed by atoms with Crippen molar-refractivity contribution in [3.05, 3.63) is 81.9 Å². The molecule has 1 amide bonds. The van der Waals surface area contributed by atoms with Crippen LogP contribution in [0.5, 0.6) is 0 Å². The van der Waals surface area contributed by atoms with Crippen LogP contribution in [0, 0.1) is 0 Å². The van der Waals surface area contributed by atoms with Crippen LogP contribution < -0.4 is 4.80 Å². The maximum Gasteiger partial charge on any atom is 0.281 e. The lowest BCUT2D eigenvalue weighted by Crippen LogP contribution is -2.20. The molecule has 134 valence electrons. The molecule has 1 aliphatic carbocycles. The quantitative estimate of drug-likeness (QED) is 0.585. The Morgan fingerprint density at radius 1 is 1.22 bits per heavy atom. The number of aromatic amines is 1. The second-order valence-electron chi connectivity index (χ2n) is 6.81. The minimum absolute atomic E-state index is 0.236. The van der Waals surface area contributed by atoms with E-state index in [1.165, 1.54) is 24.1 Å². The minimum atomic E-state index is -0.236. The molecule has 0 unspecified atom stereocenters. The van der Waals surface area contributed by atoms with Crippen LogP contribution in [0.15, 0.2) is 65.2 Å². The van der Waals surface area contributed by atoms with Gasteiger partial charge in [-0.1, -0.05) is 30.3 Å². The monoisotopic (exact) mass is 374 g/mol.